The van der Waals surface area contributed by atoms with E-state index < -0.39 is 5.91 Å². The van der Waals surface area contributed by atoms with Gasteiger partial charge in [-0.05, 0) is 42.3 Å². The third-order valence-electron chi connectivity index (χ3n) is 2.31. The van der Waals surface area contributed by atoms with Gasteiger partial charge in [0.2, 0.25) is 5.91 Å². The van der Waals surface area contributed by atoms with Gasteiger partial charge in [-0.25, -0.2) is 0 Å². The summed E-state index contributed by atoms with van der Waals surface area (Å²) in [6, 6.07) is 5.30. The lowest BCUT2D eigenvalue weighted by molar-refractivity contribution is 0.0999. The molecule has 1 rings (SSSR count). The molecule has 5 N–H and O–H groups in total. The van der Waals surface area contributed by atoms with Gasteiger partial charge in [0.15, 0.2) is 5.11 Å². The number of benzene rings is 1. The molecule has 0 aliphatic carbocycles. The predicted molar refractivity (Wildman–Crippen MR) is 73.9 cm³/mol. The Morgan fingerprint density at radius 1 is 1.41 bits per heavy atom. The summed E-state index contributed by atoms with van der Waals surface area (Å²) >= 11 is 4.81. The molecule has 0 radical (unpaired) electrons. The van der Waals surface area contributed by atoms with Crippen molar-refractivity contribution in [3.05, 3.63) is 29.3 Å². The molecule has 0 spiro atoms. The topological polar surface area (TPSA) is 81.1 Å². The van der Waals surface area contributed by atoms with E-state index in [4.69, 9.17) is 23.7 Å². The van der Waals surface area contributed by atoms with Crippen molar-refractivity contribution < 1.29 is 4.79 Å². The van der Waals surface area contributed by atoms with Gasteiger partial charge in [0, 0.05) is 11.3 Å². The predicted octanol–water partition coefficient (Wildman–Crippen LogP) is 1.64. The normalized spacial score (nSPS) is 10.3. The van der Waals surface area contributed by atoms with Crippen molar-refractivity contribution in [3.63, 3.8) is 0 Å². The summed E-state index contributed by atoms with van der Waals surface area (Å²) in [4.78, 5) is 11.4. The average molecular weight is 251 g/mol. The molecule has 0 fully saturated rings. The monoisotopic (exact) mass is 251 g/mol. The third-order valence-corrected chi connectivity index (χ3v) is 2.41. The van der Waals surface area contributed by atoms with Crippen LogP contribution in [0.3, 0.4) is 0 Å². The highest BCUT2D eigenvalue weighted by Gasteiger charge is 2.13. The van der Waals surface area contributed by atoms with Crippen LogP contribution in [0.4, 0.5) is 5.69 Å². The molecule has 1 aromatic rings. The molecule has 0 aromatic heterocycles. The van der Waals surface area contributed by atoms with Crippen LogP contribution >= 0.6 is 12.2 Å². The number of primary amides is 1. The number of anilines is 1. The standard InChI is InChI=1S/C12H17N3OS/c1-7(2)6-9-8(11(13)16)4-3-5-10(9)15-12(14)17/h3-5,7H,6H2,1-2H3,(H2,13,16)(H3,14,15,17). The number of hydrogen-bond acceptors (Lipinski definition) is 2. The molecule has 0 heterocycles. The Balaban J connectivity index is 3.23. The Bertz CT molecular complexity index is 443. The Labute approximate surface area is 106 Å². The van der Waals surface area contributed by atoms with Crippen molar-refractivity contribution in [1.82, 2.24) is 0 Å². The van der Waals surface area contributed by atoms with Crippen molar-refractivity contribution in [3.8, 4) is 0 Å². The van der Waals surface area contributed by atoms with Gasteiger partial charge >= 0.3 is 0 Å². The van der Waals surface area contributed by atoms with E-state index in [9.17, 15) is 4.79 Å². The molecule has 0 bridgehead atoms. The summed E-state index contributed by atoms with van der Waals surface area (Å²) in [6.07, 6.45) is 0.740. The summed E-state index contributed by atoms with van der Waals surface area (Å²) in [5.74, 6) is -0.0327. The SMILES string of the molecule is CC(C)Cc1c(NC(N)=S)cccc1C(N)=O. The van der Waals surface area contributed by atoms with Crippen molar-refractivity contribution in [2.45, 2.75) is 20.3 Å². The van der Waals surface area contributed by atoms with E-state index in [-0.39, 0.29) is 5.11 Å². The average Bonchev–Trinajstić information content (AvgIpc) is 2.18. The quantitative estimate of drug-likeness (QED) is 0.711. The molecule has 4 nitrogen and oxygen atoms in total. The Hall–Kier alpha value is -1.62. The second-order valence-corrected chi connectivity index (χ2v) is 4.72. The summed E-state index contributed by atoms with van der Waals surface area (Å²) in [6.45, 7) is 4.14. The van der Waals surface area contributed by atoms with Gasteiger partial charge in [-0.15, -0.1) is 0 Å². The zero-order valence-electron chi connectivity index (χ0n) is 9.99. The lowest BCUT2D eigenvalue weighted by Gasteiger charge is -2.15. The number of nitrogens with two attached hydrogens (primary N) is 2. The second-order valence-electron chi connectivity index (χ2n) is 4.28. The van der Waals surface area contributed by atoms with Gasteiger partial charge in [-0.1, -0.05) is 19.9 Å². The number of nitrogens with one attached hydrogen (secondary N) is 1. The summed E-state index contributed by atoms with van der Waals surface area (Å²) in [5, 5.41) is 3.05. The number of amides is 1. The minimum Gasteiger partial charge on any atom is -0.376 e. The molecule has 5 heteroatoms. The van der Waals surface area contributed by atoms with Crippen LogP contribution in [0.2, 0.25) is 0 Å². The van der Waals surface area contributed by atoms with Crippen LogP contribution in [0.1, 0.15) is 29.8 Å². The Kier molecular flexibility index (Phi) is 4.45. The fourth-order valence-corrected chi connectivity index (χ4v) is 1.81. The van der Waals surface area contributed by atoms with Gasteiger partial charge in [0.25, 0.3) is 0 Å². The maximum absolute atomic E-state index is 11.4. The fraction of sp³-hybridized carbons (Fsp3) is 0.333. The van der Waals surface area contributed by atoms with Crippen LogP contribution in [-0.4, -0.2) is 11.0 Å². The lowest BCUT2D eigenvalue weighted by Crippen LogP contribution is -2.22. The highest BCUT2D eigenvalue weighted by Crippen LogP contribution is 2.23. The lowest BCUT2D eigenvalue weighted by atomic mass is 9.96. The van der Waals surface area contributed by atoms with Crippen LogP contribution < -0.4 is 16.8 Å². The first-order valence-corrected chi connectivity index (χ1v) is 5.80. The third kappa shape index (κ3) is 3.71. The minimum atomic E-state index is -0.438. The van der Waals surface area contributed by atoms with Crippen LogP contribution in [0.5, 0.6) is 0 Å². The Morgan fingerprint density at radius 3 is 2.53 bits per heavy atom. The molecule has 0 atom stereocenters. The van der Waals surface area contributed by atoms with Crippen LogP contribution in [0.25, 0.3) is 0 Å². The number of carbonyl (C=O) groups is 1. The fourth-order valence-electron chi connectivity index (χ4n) is 1.70. The van der Waals surface area contributed by atoms with E-state index in [1.807, 2.05) is 6.07 Å². The molecular weight excluding hydrogens is 234 g/mol. The number of carbonyl (C=O) groups excluding carboxylic acids is 1. The van der Waals surface area contributed by atoms with Gasteiger partial charge in [0.05, 0.1) is 0 Å². The van der Waals surface area contributed by atoms with Crippen LogP contribution in [0, 0.1) is 5.92 Å². The van der Waals surface area contributed by atoms with E-state index in [0.717, 1.165) is 17.7 Å². The molecule has 1 amide bonds. The molecule has 92 valence electrons. The van der Waals surface area contributed by atoms with Gasteiger partial charge in [0.1, 0.15) is 0 Å². The Morgan fingerprint density at radius 2 is 2.06 bits per heavy atom. The van der Waals surface area contributed by atoms with Crippen molar-refractivity contribution in [2.24, 2.45) is 17.4 Å². The highest BCUT2D eigenvalue weighted by molar-refractivity contribution is 7.80. The van der Waals surface area contributed by atoms with Crippen LogP contribution in [-0.2, 0) is 6.42 Å². The first-order valence-electron chi connectivity index (χ1n) is 5.40. The minimum absolute atomic E-state index is 0.177. The van der Waals surface area contributed by atoms with E-state index in [1.165, 1.54) is 0 Å². The summed E-state index contributed by atoms with van der Waals surface area (Å²) in [7, 11) is 0. The smallest absolute Gasteiger partial charge is 0.249 e. The maximum Gasteiger partial charge on any atom is 0.249 e. The largest absolute Gasteiger partial charge is 0.376 e. The summed E-state index contributed by atoms with van der Waals surface area (Å²) in [5.41, 5.74) is 12.9. The number of hydrogen-bond donors (Lipinski definition) is 3. The van der Waals surface area contributed by atoms with Crippen molar-refractivity contribution in [2.75, 3.05) is 5.32 Å². The van der Waals surface area contributed by atoms with Gasteiger partial charge in [-0.3, -0.25) is 4.79 Å². The zero-order valence-corrected chi connectivity index (χ0v) is 10.8. The molecule has 0 saturated heterocycles. The molecule has 0 saturated carbocycles. The molecule has 0 aliphatic rings. The van der Waals surface area contributed by atoms with Crippen LogP contribution in [0.15, 0.2) is 18.2 Å². The number of rotatable bonds is 4. The summed E-state index contributed by atoms with van der Waals surface area (Å²) < 4.78 is 0. The molecular formula is C12H17N3OS. The van der Waals surface area contributed by atoms with E-state index in [0.29, 0.717) is 11.5 Å². The number of thiocarbonyl (C=S) groups is 1. The first-order chi connectivity index (χ1) is 7.91. The first kappa shape index (κ1) is 13.4. The van der Waals surface area contributed by atoms with Crippen molar-refractivity contribution in [1.29, 1.82) is 0 Å². The molecule has 0 unspecified atom stereocenters. The zero-order chi connectivity index (χ0) is 13.0. The molecule has 17 heavy (non-hydrogen) atoms. The van der Waals surface area contributed by atoms with Crippen molar-refractivity contribution >= 4 is 28.9 Å². The van der Waals surface area contributed by atoms with Gasteiger partial charge in [-0.2, -0.15) is 0 Å². The second kappa shape index (κ2) is 5.63. The maximum atomic E-state index is 11.4. The van der Waals surface area contributed by atoms with E-state index in [2.05, 4.69) is 19.2 Å². The van der Waals surface area contributed by atoms with Gasteiger partial charge < -0.3 is 16.8 Å². The van der Waals surface area contributed by atoms with E-state index in [1.54, 1.807) is 12.1 Å². The highest BCUT2D eigenvalue weighted by atomic mass is 32.1. The molecule has 1 aromatic carbocycles. The van der Waals surface area contributed by atoms with E-state index >= 15 is 0 Å². The molecule has 0 aliphatic heterocycles.